The Morgan fingerprint density at radius 2 is 2.10 bits per heavy atom. The summed E-state index contributed by atoms with van der Waals surface area (Å²) in [4.78, 5) is 18.6. The van der Waals surface area contributed by atoms with Gasteiger partial charge in [-0.05, 0) is 12.1 Å². The molecule has 2 aromatic rings. The molecule has 1 amide bonds. The average Bonchev–Trinajstić information content (AvgIpc) is 2.95. The standard InChI is InChI=1S/C15H20N4O/c1-11(2)14-16-6-8-19(14)12-9-18(10-12)15(20)13-5-4-7-17(13)3/h4-8,11-12H,9-10H2,1-3H3. The van der Waals surface area contributed by atoms with Gasteiger partial charge in [0.05, 0.1) is 6.04 Å². The van der Waals surface area contributed by atoms with Crippen LogP contribution < -0.4 is 0 Å². The number of hydrogen-bond acceptors (Lipinski definition) is 2. The third kappa shape index (κ3) is 2.03. The Morgan fingerprint density at radius 3 is 2.70 bits per heavy atom. The summed E-state index contributed by atoms with van der Waals surface area (Å²) in [5.74, 6) is 1.61. The van der Waals surface area contributed by atoms with E-state index >= 15 is 0 Å². The summed E-state index contributed by atoms with van der Waals surface area (Å²) >= 11 is 0. The molecule has 20 heavy (non-hydrogen) atoms. The Labute approximate surface area is 118 Å². The van der Waals surface area contributed by atoms with Gasteiger partial charge in [0.25, 0.3) is 5.91 Å². The second-order valence-electron chi connectivity index (χ2n) is 5.72. The van der Waals surface area contributed by atoms with Crippen LogP contribution in [0.15, 0.2) is 30.7 Å². The van der Waals surface area contributed by atoms with E-state index in [2.05, 4.69) is 23.4 Å². The molecule has 0 N–H and O–H groups in total. The van der Waals surface area contributed by atoms with Crippen LogP contribution in [0.5, 0.6) is 0 Å². The zero-order valence-electron chi connectivity index (χ0n) is 12.2. The van der Waals surface area contributed by atoms with E-state index < -0.39 is 0 Å². The van der Waals surface area contributed by atoms with Gasteiger partial charge in [0.15, 0.2) is 0 Å². The molecule has 5 nitrogen and oxygen atoms in total. The van der Waals surface area contributed by atoms with Crippen molar-refractivity contribution in [1.29, 1.82) is 0 Å². The minimum absolute atomic E-state index is 0.111. The second-order valence-corrected chi connectivity index (χ2v) is 5.72. The first-order valence-corrected chi connectivity index (χ1v) is 7.01. The lowest BCUT2D eigenvalue weighted by Gasteiger charge is -2.40. The summed E-state index contributed by atoms with van der Waals surface area (Å²) in [5.41, 5.74) is 0.748. The largest absolute Gasteiger partial charge is 0.347 e. The average molecular weight is 272 g/mol. The maximum absolute atomic E-state index is 12.3. The van der Waals surface area contributed by atoms with E-state index in [1.54, 1.807) is 0 Å². The van der Waals surface area contributed by atoms with Gasteiger partial charge >= 0.3 is 0 Å². The first-order valence-electron chi connectivity index (χ1n) is 7.01. The Balaban J connectivity index is 1.68. The summed E-state index contributed by atoms with van der Waals surface area (Å²) < 4.78 is 4.08. The van der Waals surface area contributed by atoms with Crippen molar-refractivity contribution in [3.05, 3.63) is 42.2 Å². The van der Waals surface area contributed by atoms with Gasteiger partial charge in [-0.25, -0.2) is 4.98 Å². The minimum Gasteiger partial charge on any atom is -0.347 e. The number of rotatable bonds is 3. The van der Waals surface area contributed by atoms with E-state index in [-0.39, 0.29) is 5.91 Å². The predicted molar refractivity (Wildman–Crippen MR) is 76.7 cm³/mol. The van der Waals surface area contributed by atoms with Crippen LogP contribution in [0.2, 0.25) is 0 Å². The highest BCUT2D eigenvalue weighted by Crippen LogP contribution is 2.26. The summed E-state index contributed by atoms with van der Waals surface area (Å²) in [5, 5.41) is 0. The van der Waals surface area contributed by atoms with E-state index in [1.807, 2.05) is 47.2 Å². The highest BCUT2D eigenvalue weighted by molar-refractivity contribution is 5.93. The smallest absolute Gasteiger partial charge is 0.270 e. The molecule has 3 heterocycles. The first kappa shape index (κ1) is 13.0. The second kappa shape index (κ2) is 4.81. The van der Waals surface area contributed by atoms with Gasteiger partial charge in [-0.1, -0.05) is 13.8 Å². The normalized spacial score (nSPS) is 15.7. The Kier molecular flexibility index (Phi) is 3.12. The number of aryl methyl sites for hydroxylation is 1. The Morgan fingerprint density at radius 1 is 1.35 bits per heavy atom. The lowest BCUT2D eigenvalue weighted by Crippen LogP contribution is -2.51. The fourth-order valence-electron chi connectivity index (χ4n) is 2.72. The lowest BCUT2D eigenvalue weighted by atomic mass is 10.1. The van der Waals surface area contributed by atoms with E-state index in [9.17, 15) is 4.79 Å². The topological polar surface area (TPSA) is 43.1 Å². The monoisotopic (exact) mass is 272 g/mol. The number of likely N-dealkylation sites (tertiary alicyclic amines) is 1. The molecular weight excluding hydrogens is 252 g/mol. The quantitative estimate of drug-likeness (QED) is 0.858. The number of nitrogens with zero attached hydrogens (tertiary/aromatic N) is 4. The lowest BCUT2D eigenvalue weighted by molar-refractivity contribution is 0.0505. The highest BCUT2D eigenvalue weighted by Gasteiger charge is 2.34. The fourth-order valence-corrected chi connectivity index (χ4v) is 2.72. The van der Waals surface area contributed by atoms with Crippen molar-refractivity contribution < 1.29 is 4.79 Å². The summed E-state index contributed by atoms with van der Waals surface area (Å²) in [7, 11) is 1.90. The highest BCUT2D eigenvalue weighted by atomic mass is 16.2. The van der Waals surface area contributed by atoms with E-state index in [4.69, 9.17) is 0 Å². The van der Waals surface area contributed by atoms with Crippen LogP contribution in [0.3, 0.4) is 0 Å². The third-order valence-corrected chi connectivity index (χ3v) is 3.92. The molecule has 0 saturated carbocycles. The van der Waals surface area contributed by atoms with E-state index in [1.165, 1.54) is 0 Å². The van der Waals surface area contributed by atoms with Crippen molar-refractivity contribution in [3.63, 3.8) is 0 Å². The number of carbonyl (C=O) groups is 1. The molecule has 0 spiro atoms. The maximum atomic E-state index is 12.3. The van der Waals surface area contributed by atoms with Crippen LogP contribution in [0.25, 0.3) is 0 Å². The van der Waals surface area contributed by atoms with Crippen molar-refractivity contribution in [2.75, 3.05) is 13.1 Å². The van der Waals surface area contributed by atoms with Gasteiger partial charge in [0.2, 0.25) is 0 Å². The van der Waals surface area contributed by atoms with Crippen LogP contribution in [-0.4, -0.2) is 38.0 Å². The molecule has 106 valence electrons. The molecule has 1 aliphatic heterocycles. The molecule has 1 saturated heterocycles. The molecule has 0 aliphatic carbocycles. The molecule has 5 heteroatoms. The molecule has 1 fully saturated rings. The van der Waals surface area contributed by atoms with Crippen molar-refractivity contribution >= 4 is 5.91 Å². The predicted octanol–water partition coefficient (Wildman–Crippen LogP) is 2.04. The number of amides is 1. The third-order valence-electron chi connectivity index (χ3n) is 3.92. The molecule has 0 atom stereocenters. The van der Waals surface area contributed by atoms with E-state index in [0.717, 1.165) is 24.6 Å². The van der Waals surface area contributed by atoms with Crippen molar-refractivity contribution in [2.24, 2.45) is 7.05 Å². The SMILES string of the molecule is CC(C)c1nccn1C1CN(C(=O)c2cccn2C)C1. The van der Waals surface area contributed by atoms with E-state index in [0.29, 0.717) is 12.0 Å². The van der Waals surface area contributed by atoms with Crippen molar-refractivity contribution in [2.45, 2.75) is 25.8 Å². The van der Waals surface area contributed by atoms with Crippen molar-refractivity contribution in [3.8, 4) is 0 Å². The van der Waals surface area contributed by atoms with Crippen molar-refractivity contribution in [1.82, 2.24) is 19.0 Å². The van der Waals surface area contributed by atoms with Crippen LogP contribution in [-0.2, 0) is 7.05 Å². The maximum Gasteiger partial charge on any atom is 0.270 e. The molecule has 2 aromatic heterocycles. The fraction of sp³-hybridized carbons (Fsp3) is 0.467. The summed E-state index contributed by atoms with van der Waals surface area (Å²) in [6.07, 6.45) is 5.76. The zero-order valence-corrected chi connectivity index (χ0v) is 12.2. The minimum atomic E-state index is 0.111. The summed E-state index contributed by atoms with van der Waals surface area (Å²) in [6, 6.07) is 4.13. The van der Waals surface area contributed by atoms with Gasteiger partial charge < -0.3 is 14.0 Å². The van der Waals surface area contributed by atoms with Gasteiger partial charge in [0, 0.05) is 44.6 Å². The number of aromatic nitrogens is 3. The molecular formula is C15H20N4O. The van der Waals surface area contributed by atoms with Gasteiger partial charge in [-0.2, -0.15) is 0 Å². The van der Waals surface area contributed by atoms with Gasteiger partial charge in [-0.15, -0.1) is 0 Å². The summed E-state index contributed by atoms with van der Waals surface area (Å²) in [6.45, 7) is 5.81. The molecule has 0 aromatic carbocycles. The molecule has 3 rings (SSSR count). The van der Waals surface area contributed by atoms with Crippen LogP contribution in [0.4, 0.5) is 0 Å². The van der Waals surface area contributed by atoms with Crippen LogP contribution in [0, 0.1) is 0 Å². The number of carbonyl (C=O) groups excluding carboxylic acids is 1. The molecule has 0 radical (unpaired) electrons. The first-order chi connectivity index (χ1) is 9.58. The zero-order chi connectivity index (χ0) is 14.3. The van der Waals surface area contributed by atoms with Gasteiger partial charge in [0.1, 0.15) is 11.5 Å². The number of hydrogen-bond donors (Lipinski definition) is 0. The molecule has 0 bridgehead atoms. The number of imidazole rings is 1. The Bertz CT molecular complexity index is 619. The molecule has 1 aliphatic rings. The van der Waals surface area contributed by atoms with Crippen LogP contribution in [0.1, 0.15) is 42.1 Å². The Hall–Kier alpha value is -2.04. The van der Waals surface area contributed by atoms with Crippen LogP contribution >= 0.6 is 0 Å². The van der Waals surface area contributed by atoms with Gasteiger partial charge in [-0.3, -0.25) is 4.79 Å². The molecule has 0 unspecified atom stereocenters.